The van der Waals surface area contributed by atoms with Crippen LogP contribution in [0.25, 0.3) is 0 Å². The number of carboxylic acid groups (broad SMARTS) is 1. The Morgan fingerprint density at radius 3 is 2.16 bits per heavy atom. The number of benzene rings is 2. The molecule has 4 atom stereocenters. The Bertz CT molecular complexity index is 1360. The van der Waals surface area contributed by atoms with Gasteiger partial charge in [-0.1, -0.05) is 42.5 Å². The minimum atomic E-state index is -1.27. The quantitative estimate of drug-likeness (QED) is 0.108. The number of hydrogen-bond donors (Lipinski definition) is 8. The number of hydrogen-bond acceptors (Lipinski definition) is 9. The summed E-state index contributed by atoms with van der Waals surface area (Å²) >= 11 is 3.85. The van der Waals surface area contributed by atoms with Gasteiger partial charge in [-0.05, 0) is 42.5 Å². The second-order valence-corrected chi connectivity index (χ2v) is 10.9. The molecule has 15 heteroatoms. The Labute approximate surface area is 265 Å². The average molecular weight is 643 g/mol. The molecular formula is C30H38N6O8S. The molecule has 2 aromatic carbocycles. The van der Waals surface area contributed by atoms with Gasteiger partial charge in [0.25, 0.3) is 0 Å². The summed E-state index contributed by atoms with van der Waals surface area (Å²) in [6, 6.07) is 11.2. The fourth-order valence-electron chi connectivity index (χ4n) is 4.78. The predicted molar refractivity (Wildman–Crippen MR) is 166 cm³/mol. The van der Waals surface area contributed by atoms with Crippen molar-refractivity contribution in [1.29, 1.82) is 0 Å². The number of thiol groups is 1. The van der Waals surface area contributed by atoms with Crippen LogP contribution in [0.5, 0.6) is 5.75 Å². The largest absolute Gasteiger partial charge is 0.508 e. The van der Waals surface area contributed by atoms with E-state index in [4.69, 9.17) is 10.8 Å². The van der Waals surface area contributed by atoms with E-state index in [0.717, 1.165) is 11.1 Å². The Hall–Kier alpha value is -4.63. The van der Waals surface area contributed by atoms with Crippen molar-refractivity contribution in [3.8, 4) is 5.75 Å². The summed E-state index contributed by atoms with van der Waals surface area (Å²) in [5.74, 6) is -4.38. The summed E-state index contributed by atoms with van der Waals surface area (Å²) < 4.78 is 0. The highest BCUT2D eigenvalue weighted by Crippen LogP contribution is 2.20. The molecule has 242 valence electrons. The highest BCUT2D eigenvalue weighted by molar-refractivity contribution is 7.80. The van der Waals surface area contributed by atoms with E-state index in [0.29, 0.717) is 19.4 Å². The summed E-state index contributed by atoms with van der Waals surface area (Å²) in [7, 11) is 0. The number of aliphatic carboxylic acids is 1. The van der Waals surface area contributed by atoms with Gasteiger partial charge in [0, 0.05) is 18.7 Å². The number of nitrogens with zero attached hydrogens (tertiary/aromatic N) is 1. The van der Waals surface area contributed by atoms with Crippen LogP contribution >= 0.6 is 12.6 Å². The number of carbonyl (C=O) groups excluding carboxylic acids is 5. The van der Waals surface area contributed by atoms with E-state index in [-0.39, 0.29) is 24.3 Å². The Morgan fingerprint density at radius 1 is 0.867 bits per heavy atom. The molecule has 1 fully saturated rings. The van der Waals surface area contributed by atoms with Crippen LogP contribution < -0.4 is 27.0 Å². The third kappa shape index (κ3) is 10.8. The van der Waals surface area contributed by atoms with E-state index < -0.39 is 72.8 Å². The normalized spacial score (nSPS) is 16.1. The van der Waals surface area contributed by atoms with Crippen LogP contribution in [0, 0.1) is 0 Å². The second kappa shape index (κ2) is 17.0. The summed E-state index contributed by atoms with van der Waals surface area (Å²) in [4.78, 5) is 76.5. The van der Waals surface area contributed by atoms with E-state index in [9.17, 15) is 33.9 Å². The molecule has 2 aromatic rings. The molecular weight excluding hydrogens is 604 g/mol. The minimum Gasteiger partial charge on any atom is -0.508 e. The fourth-order valence-corrected chi connectivity index (χ4v) is 5.03. The van der Waals surface area contributed by atoms with Gasteiger partial charge in [0.15, 0.2) is 0 Å². The summed E-state index contributed by atoms with van der Waals surface area (Å²) in [5, 5.41) is 28.2. The standard InChI is InChI=1S/C30H38N6O8S/c31-21(13-19-8-10-20(37)11-9-19)29(42)36-12-4-7-24(36)28(41)35-22(14-18-5-2-1-3-6-18)27(40)33-15-25(38)32-16-26(39)34-23(17-45)30(43)44/h1-3,5-6,8-11,21-24,37,45H,4,7,12-17,31H2,(H,32,38)(H,33,40)(H,34,39)(H,35,41)(H,43,44)/t21-,22-,23+,24-/m1/s1. The van der Waals surface area contributed by atoms with E-state index >= 15 is 0 Å². The number of nitrogens with two attached hydrogens (primary N) is 1. The number of rotatable bonds is 15. The molecule has 0 aliphatic carbocycles. The van der Waals surface area contributed by atoms with Gasteiger partial charge in [0.2, 0.25) is 29.5 Å². The average Bonchev–Trinajstić information content (AvgIpc) is 3.52. The monoisotopic (exact) mass is 642 g/mol. The zero-order chi connectivity index (χ0) is 32.9. The molecule has 45 heavy (non-hydrogen) atoms. The third-order valence-electron chi connectivity index (χ3n) is 7.15. The van der Waals surface area contributed by atoms with Crippen molar-refractivity contribution in [2.75, 3.05) is 25.4 Å². The van der Waals surface area contributed by atoms with Crippen LogP contribution in [0.1, 0.15) is 24.0 Å². The molecule has 0 radical (unpaired) electrons. The van der Waals surface area contributed by atoms with E-state index in [2.05, 4.69) is 33.9 Å². The zero-order valence-electron chi connectivity index (χ0n) is 24.5. The molecule has 14 nitrogen and oxygen atoms in total. The number of likely N-dealkylation sites (tertiary alicyclic amines) is 1. The lowest BCUT2D eigenvalue weighted by atomic mass is 10.0. The fraction of sp³-hybridized carbons (Fsp3) is 0.400. The van der Waals surface area contributed by atoms with Crippen molar-refractivity contribution in [3.05, 3.63) is 65.7 Å². The first-order valence-corrected chi connectivity index (χ1v) is 15.0. The van der Waals surface area contributed by atoms with E-state index in [1.807, 2.05) is 0 Å². The van der Waals surface area contributed by atoms with Gasteiger partial charge in [-0.2, -0.15) is 12.6 Å². The topological polar surface area (TPSA) is 220 Å². The van der Waals surface area contributed by atoms with Gasteiger partial charge in [-0.15, -0.1) is 0 Å². The van der Waals surface area contributed by atoms with Gasteiger partial charge in [-0.3, -0.25) is 24.0 Å². The molecule has 1 saturated heterocycles. The number of phenols is 1. The lowest BCUT2D eigenvalue weighted by molar-refractivity contribution is -0.141. The number of amides is 5. The number of carboxylic acids is 1. The third-order valence-corrected chi connectivity index (χ3v) is 7.51. The molecule has 1 aliphatic rings. The van der Waals surface area contributed by atoms with Crippen molar-refractivity contribution in [2.45, 2.75) is 49.9 Å². The van der Waals surface area contributed by atoms with Crippen LogP contribution in [-0.4, -0.2) is 100 Å². The van der Waals surface area contributed by atoms with E-state index in [1.165, 1.54) is 17.0 Å². The van der Waals surface area contributed by atoms with Crippen LogP contribution in [0.15, 0.2) is 54.6 Å². The molecule has 3 rings (SSSR count). The van der Waals surface area contributed by atoms with Crippen molar-refractivity contribution in [1.82, 2.24) is 26.2 Å². The first-order chi connectivity index (χ1) is 21.5. The van der Waals surface area contributed by atoms with Gasteiger partial charge >= 0.3 is 5.97 Å². The number of carbonyl (C=O) groups is 6. The minimum absolute atomic E-state index is 0.0904. The molecule has 0 unspecified atom stereocenters. The Kier molecular flexibility index (Phi) is 13.2. The molecule has 0 aromatic heterocycles. The maximum Gasteiger partial charge on any atom is 0.327 e. The first-order valence-electron chi connectivity index (χ1n) is 14.3. The lowest BCUT2D eigenvalue weighted by Crippen LogP contribution is -2.56. The van der Waals surface area contributed by atoms with Crippen LogP contribution in [0.3, 0.4) is 0 Å². The molecule has 1 heterocycles. The van der Waals surface area contributed by atoms with Gasteiger partial charge in [-0.25, -0.2) is 4.79 Å². The predicted octanol–water partition coefficient (Wildman–Crippen LogP) is -1.29. The Balaban J connectivity index is 1.60. The maximum atomic E-state index is 13.4. The molecule has 0 spiro atoms. The highest BCUT2D eigenvalue weighted by atomic mass is 32.1. The summed E-state index contributed by atoms with van der Waals surface area (Å²) in [5.41, 5.74) is 7.69. The molecule has 0 saturated carbocycles. The van der Waals surface area contributed by atoms with E-state index in [1.54, 1.807) is 42.5 Å². The molecule has 1 aliphatic heterocycles. The smallest absolute Gasteiger partial charge is 0.327 e. The van der Waals surface area contributed by atoms with Crippen molar-refractivity contribution < 1.29 is 39.0 Å². The SMILES string of the molecule is N[C@H](Cc1ccc(O)cc1)C(=O)N1CCC[C@@H]1C(=O)N[C@H](Cc1ccccc1)C(=O)NCC(=O)NCC(=O)N[C@@H](CS)C(=O)O. The van der Waals surface area contributed by atoms with Crippen molar-refractivity contribution in [3.63, 3.8) is 0 Å². The molecule has 0 bridgehead atoms. The Morgan fingerprint density at radius 2 is 1.51 bits per heavy atom. The van der Waals surface area contributed by atoms with Gasteiger partial charge in [0.05, 0.1) is 19.1 Å². The molecule has 8 N–H and O–H groups in total. The van der Waals surface area contributed by atoms with Crippen molar-refractivity contribution >= 4 is 48.1 Å². The molecule has 5 amide bonds. The first kappa shape index (κ1) is 34.9. The van der Waals surface area contributed by atoms with Crippen LogP contribution in [0.2, 0.25) is 0 Å². The zero-order valence-corrected chi connectivity index (χ0v) is 25.4. The van der Waals surface area contributed by atoms with Crippen LogP contribution in [0.4, 0.5) is 0 Å². The number of phenolic OH excluding ortho intramolecular Hbond substituents is 1. The van der Waals surface area contributed by atoms with Crippen LogP contribution in [-0.2, 0) is 41.6 Å². The highest BCUT2D eigenvalue weighted by Gasteiger charge is 2.37. The number of nitrogens with one attached hydrogen (secondary N) is 4. The van der Waals surface area contributed by atoms with Gasteiger partial charge in [0.1, 0.15) is 23.9 Å². The lowest BCUT2D eigenvalue weighted by Gasteiger charge is -2.28. The van der Waals surface area contributed by atoms with Crippen molar-refractivity contribution in [2.24, 2.45) is 5.73 Å². The summed E-state index contributed by atoms with van der Waals surface area (Å²) in [6.45, 7) is -0.704. The maximum absolute atomic E-state index is 13.4. The van der Waals surface area contributed by atoms with Gasteiger partial charge < -0.3 is 42.1 Å². The number of aromatic hydroxyl groups is 1. The second-order valence-electron chi connectivity index (χ2n) is 10.6. The summed E-state index contributed by atoms with van der Waals surface area (Å²) in [6.07, 6.45) is 1.26.